The highest BCUT2D eigenvalue weighted by atomic mass is 16.3. The molecule has 1 heterocycles. The van der Waals surface area contributed by atoms with Gasteiger partial charge in [-0.3, -0.25) is 47.9 Å². The normalized spacial score (nSPS) is 17.1. The highest BCUT2D eigenvalue weighted by Gasteiger charge is 2.42. The van der Waals surface area contributed by atoms with Crippen molar-refractivity contribution < 1.29 is 53.1 Å². The lowest BCUT2D eigenvalue weighted by molar-refractivity contribution is -0.141. The molecule has 2 fully saturated rings. The van der Waals surface area contributed by atoms with Crippen LogP contribution in [0.4, 0.5) is 0 Å². The Morgan fingerprint density at radius 1 is 0.553 bits per heavy atom. The zero-order valence-electron chi connectivity index (χ0n) is 53.7. The maximum atomic E-state index is 14.5. The van der Waals surface area contributed by atoms with E-state index in [-0.39, 0.29) is 61.8 Å². The van der Waals surface area contributed by atoms with Crippen LogP contribution in [-0.2, 0) is 47.9 Å². The molecule has 1 saturated heterocycles. The third-order valence-corrected chi connectivity index (χ3v) is 16.1. The van der Waals surface area contributed by atoms with Gasteiger partial charge in [0, 0.05) is 25.9 Å². The number of hydrogen-bond donors (Lipinski definition) is 10. The number of aliphatic hydroxyl groups is 1. The monoisotopic (exact) mass is 1190 g/mol. The molecule has 0 spiro atoms. The molecule has 2 aliphatic rings. The van der Waals surface area contributed by atoms with Crippen LogP contribution in [0.1, 0.15) is 230 Å². The third kappa shape index (κ3) is 25.0. The minimum atomic E-state index is -1.64. The predicted molar refractivity (Wildman–Crippen MR) is 329 cm³/mol. The van der Waals surface area contributed by atoms with E-state index in [2.05, 4.69) is 54.8 Å². The minimum absolute atomic E-state index is 0.0381. The van der Waals surface area contributed by atoms with Crippen LogP contribution >= 0.6 is 0 Å². The van der Waals surface area contributed by atoms with Crippen molar-refractivity contribution in [3.05, 3.63) is 35.9 Å². The van der Waals surface area contributed by atoms with Gasteiger partial charge in [0.25, 0.3) is 0 Å². The molecule has 1 saturated carbocycles. The van der Waals surface area contributed by atoms with E-state index in [0.717, 1.165) is 64.2 Å². The summed E-state index contributed by atoms with van der Waals surface area (Å²) in [6, 6.07) is 3.32. The number of amides is 10. The molecule has 21 heteroatoms. The molecule has 0 bridgehead atoms. The largest absolute Gasteiger partial charge is 0.386 e. The summed E-state index contributed by atoms with van der Waals surface area (Å²) < 4.78 is 0. The maximum Gasteiger partial charge on any atom is 0.246 e. The van der Waals surface area contributed by atoms with Crippen LogP contribution in [0.3, 0.4) is 0 Å². The molecule has 1 aromatic rings. The van der Waals surface area contributed by atoms with E-state index in [0.29, 0.717) is 50.6 Å². The Kier molecular flexibility index (Phi) is 30.5. The van der Waals surface area contributed by atoms with Gasteiger partial charge < -0.3 is 57.9 Å². The molecule has 1 aliphatic heterocycles. The molecule has 21 nitrogen and oxygen atoms in total. The number of carbonyl (C=O) groups excluding carboxylic acids is 10. The second-order valence-corrected chi connectivity index (χ2v) is 26.3. The zero-order chi connectivity index (χ0) is 63.7. The quantitative estimate of drug-likeness (QED) is 0.0350. The molecule has 1 aliphatic carbocycles. The summed E-state index contributed by atoms with van der Waals surface area (Å²) in [6.45, 7) is 22.6. The van der Waals surface area contributed by atoms with Crippen molar-refractivity contribution in [2.75, 3.05) is 13.1 Å². The van der Waals surface area contributed by atoms with Crippen molar-refractivity contribution in [1.82, 2.24) is 52.8 Å². The fourth-order valence-corrected chi connectivity index (χ4v) is 10.9. The van der Waals surface area contributed by atoms with E-state index in [1.54, 1.807) is 36.1 Å². The van der Waals surface area contributed by atoms with Crippen molar-refractivity contribution in [2.45, 2.75) is 277 Å². The van der Waals surface area contributed by atoms with Crippen LogP contribution in [0.5, 0.6) is 0 Å². The third-order valence-electron chi connectivity index (χ3n) is 16.1. The van der Waals surface area contributed by atoms with Crippen LogP contribution in [0.2, 0.25) is 0 Å². The molecule has 3 rings (SSSR count). The number of aliphatic hydroxyl groups excluding tert-OH is 1. The lowest BCUT2D eigenvalue weighted by Gasteiger charge is -2.35. The molecule has 0 aromatic heterocycles. The molecular formula is C64H108N10O11. The molecule has 10 N–H and O–H groups in total. The minimum Gasteiger partial charge on any atom is -0.386 e. The zero-order valence-corrected chi connectivity index (χ0v) is 53.7. The first-order chi connectivity index (χ1) is 39.9. The molecule has 0 unspecified atom stereocenters. The summed E-state index contributed by atoms with van der Waals surface area (Å²) in [5.74, 6) is -5.35. The SMILES string of the molecule is CCCCCCCC[C@H](NC(=O)C(C)(C)NC(=O)C(C)(C)NC(=O)[C@H](CC1CCCCC1)NC(=O)[C@@H]1CCCN1C(=O)CCC)C(=O)N[C@@H](CC(C)C)C(=O)NC(C)(C)C(=O)N[C@@H](CC(C)C)C(=O)NCCC(=O)N[C@H](C)[C@@H](O)c1ccccc1. The Hall–Kier alpha value is -6.12. The van der Waals surface area contributed by atoms with Gasteiger partial charge in [-0.2, -0.15) is 0 Å². The van der Waals surface area contributed by atoms with Gasteiger partial charge in [-0.15, -0.1) is 0 Å². The number of hydrogen-bond acceptors (Lipinski definition) is 11. The number of carbonyl (C=O) groups is 10. The van der Waals surface area contributed by atoms with Crippen molar-refractivity contribution in [1.29, 1.82) is 0 Å². The maximum absolute atomic E-state index is 14.5. The predicted octanol–water partition coefficient (Wildman–Crippen LogP) is 5.96. The standard InChI is InChI=1S/C64H108N10O11/c1-14-16-17-18-19-26-33-46(69-60(84)63(10,11)73-61(85)64(12,13)72-57(81)49(40-44-29-22-20-23-30-44)68-58(82)50-34-27-37-74(50)52(76)28-15-2)55(79)67-48(39-42(5)6)56(80)71-62(8,9)59(83)70-47(38-41(3)4)54(78)65-36-35-51(75)66-43(7)53(77)45-31-24-21-25-32-45/h21,24-25,31-32,41-44,46-50,53,77H,14-20,22-23,26-30,33-40H2,1-13H3,(H,65,78)(H,66,75)(H,67,79)(H,68,82)(H,69,84)(H,70,83)(H,71,80)(H,72,81)(H,73,85)/t43-,46+,47+,48+,49+,50+,53-/m1/s1. The van der Waals surface area contributed by atoms with Crippen molar-refractivity contribution in [3.8, 4) is 0 Å². The number of unbranched alkanes of at least 4 members (excludes halogenated alkanes) is 5. The van der Waals surface area contributed by atoms with E-state index in [1.165, 1.54) is 41.5 Å². The van der Waals surface area contributed by atoms with Crippen molar-refractivity contribution >= 4 is 59.1 Å². The Balaban J connectivity index is 1.74. The van der Waals surface area contributed by atoms with Gasteiger partial charge >= 0.3 is 0 Å². The number of nitrogens with zero attached hydrogens (tertiary/aromatic N) is 1. The first-order valence-corrected chi connectivity index (χ1v) is 31.7. The van der Waals surface area contributed by atoms with Gasteiger partial charge in [0.15, 0.2) is 0 Å². The van der Waals surface area contributed by atoms with Gasteiger partial charge in [0.2, 0.25) is 59.1 Å². The van der Waals surface area contributed by atoms with Gasteiger partial charge in [0.05, 0.1) is 12.1 Å². The topological polar surface area (TPSA) is 302 Å². The second-order valence-electron chi connectivity index (χ2n) is 26.3. The highest BCUT2D eigenvalue weighted by molar-refractivity contribution is 6.00. The highest BCUT2D eigenvalue weighted by Crippen LogP contribution is 2.29. The Morgan fingerprint density at radius 3 is 1.68 bits per heavy atom. The summed E-state index contributed by atoms with van der Waals surface area (Å²) >= 11 is 0. The first kappa shape index (κ1) is 73.1. The second kappa shape index (κ2) is 35.5. The van der Waals surface area contributed by atoms with Gasteiger partial charge in [-0.25, -0.2) is 0 Å². The van der Waals surface area contributed by atoms with E-state index in [9.17, 15) is 53.1 Å². The Labute approximate surface area is 507 Å². The van der Waals surface area contributed by atoms with Crippen molar-refractivity contribution in [2.24, 2.45) is 17.8 Å². The summed E-state index contributed by atoms with van der Waals surface area (Å²) in [4.78, 5) is 140. The summed E-state index contributed by atoms with van der Waals surface area (Å²) in [5.41, 5.74) is -4.17. The summed E-state index contributed by atoms with van der Waals surface area (Å²) in [5, 5.41) is 36.0. The lowest BCUT2D eigenvalue weighted by Crippen LogP contribution is -2.66. The first-order valence-electron chi connectivity index (χ1n) is 31.7. The average Bonchev–Trinajstić information content (AvgIpc) is 4.18. The van der Waals surface area contributed by atoms with Crippen LogP contribution in [0.15, 0.2) is 30.3 Å². The average molecular weight is 1190 g/mol. The number of benzene rings is 1. The number of rotatable bonds is 36. The number of likely N-dealkylation sites (tertiary alicyclic amines) is 1. The van der Waals surface area contributed by atoms with E-state index in [1.807, 2.05) is 40.7 Å². The van der Waals surface area contributed by atoms with Crippen LogP contribution in [-0.4, -0.2) is 135 Å². The Bertz CT molecular complexity index is 2360. The van der Waals surface area contributed by atoms with Gasteiger partial charge in [-0.1, -0.05) is 143 Å². The van der Waals surface area contributed by atoms with E-state index >= 15 is 0 Å². The summed E-state index contributed by atoms with van der Waals surface area (Å²) in [6.07, 6.45) is 12.3. The molecule has 480 valence electrons. The Morgan fingerprint density at radius 2 is 1.09 bits per heavy atom. The molecule has 0 radical (unpaired) electrons. The van der Waals surface area contributed by atoms with E-state index < -0.39 is 106 Å². The van der Waals surface area contributed by atoms with Gasteiger partial charge in [-0.05, 0) is 117 Å². The molecule has 85 heavy (non-hydrogen) atoms. The molecule has 7 atom stereocenters. The number of nitrogens with one attached hydrogen (secondary N) is 9. The van der Waals surface area contributed by atoms with Crippen LogP contribution in [0, 0.1) is 17.8 Å². The van der Waals surface area contributed by atoms with Crippen LogP contribution < -0.4 is 47.9 Å². The van der Waals surface area contributed by atoms with Crippen molar-refractivity contribution in [3.63, 3.8) is 0 Å². The smallest absolute Gasteiger partial charge is 0.246 e. The molecule has 1 aromatic carbocycles. The molecule has 10 amide bonds. The van der Waals surface area contributed by atoms with Crippen LogP contribution in [0.25, 0.3) is 0 Å². The fraction of sp³-hybridized carbons (Fsp3) is 0.750. The molecular weight excluding hydrogens is 1080 g/mol. The summed E-state index contributed by atoms with van der Waals surface area (Å²) in [7, 11) is 0. The lowest BCUT2D eigenvalue weighted by atomic mass is 9.84. The fourth-order valence-electron chi connectivity index (χ4n) is 10.9. The van der Waals surface area contributed by atoms with Gasteiger partial charge in [0.1, 0.15) is 46.8 Å². The van der Waals surface area contributed by atoms with E-state index in [4.69, 9.17) is 0 Å².